The summed E-state index contributed by atoms with van der Waals surface area (Å²) in [5.41, 5.74) is 2.60. The first-order valence-corrected chi connectivity index (χ1v) is 10.2. The first kappa shape index (κ1) is 19.2. The molecule has 2 aliphatic rings. The summed E-state index contributed by atoms with van der Waals surface area (Å²) in [7, 11) is 3.09. The molecule has 0 spiro atoms. The maximum Gasteiger partial charge on any atom is 0.417 e. The number of hydrogen-bond donors (Lipinski definition) is 1. The van der Waals surface area contributed by atoms with E-state index in [4.69, 9.17) is 4.74 Å². The van der Waals surface area contributed by atoms with Crippen molar-refractivity contribution in [3.05, 3.63) is 91.6 Å². The Kier molecular flexibility index (Phi) is 4.28. The molecule has 1 N–H and O–H groups in total. The minimum atomic E-state index is -0.562. The molecule has 0 fully saturated rings. The molecule has 1 aromatic heterocycles. The maximum atomic E-state index is 13.5. The van der Waals surface area contributed by atoms with E-state index >= 15 is 0 Å². The molecular weight excluding hydrogens is 394 g/mol. The predicted octanol–water partition coefficient (Wildman–Crippen LogP) is 0.642. The molecule has 31 heavy (non-hydrogen) atoms. The molecule has 2 atom stereocenters. The zero-order valence-electron chi connectivity index (χ0n) is 17.5. The van der Waals surface area contributed by atoms with Gasteiger partial charge in [0.25, 0.3) is 11.4 Å². The van der Waals surface area contributed by atoms with E-state index in [0.29, 0.717) is 23.6 Å². The number of aromatic nitrogens is 2. The molecule has 7 nitrogen and oxygen atoms in total. The monoisotopic (exact) mass is 416 g/mol. The molecule has 7 heteroatoms. The van der Waals surface area contributed by atoms with E-state index in [1.54, 1.807) is 7.05 Å². The number of carbonyl (C=O) groups excluding carboxylic acids is 1. The lowest BCUT2D eigenvalue weighted by Crippen LogP contribution is -2.74. The summed E-state index contributed by atoms with van der Waals surface area (Å²) in [6.07, 6.45) is 0. The zero-order valence-corrected chi connectivity index (χ0v) is 17.5. The predicted molar refractivity (Wildman–Crippen MR) is 115 cm³/mol. The molecule has 156 valence electrons. The zero-order chi connectivity index (χ0) is 21.9. The number of fused-ring (bicyclic) bond motifs is 4. The number of benzene rings is 2. The molecule has 1 aliphatic carbocycles. The van der Waals surface area contributed by atoms with Crippen LogP contribution in [0.4, 0.5) is 5.82 Å². The molecule has 0 amide bonds. The van der Waals surface area contributed by atoms with Crippen LogP contribution in [0.2, 0.25) is 0 Å². The number of nitrogens with one attached hydrogen (secondary N) is 1. The number of ketones is 1. The average molecular weight is 416 g/mol. The number of carbonyl (C=O) groups is 1. The Morgan fingerprint density at radius 3 is 2.26 bits per heavy atom. The summed E-state index contributed by atoms with van der Waals surface area (Å²) in [5, 5.41) is 0. The second kappa shape index (κ2) is 6.91. The fourth-order valence-electron chi connectivity index (χ4n) is 4.76. The van der Waals surface area contributed by atoms with Crippen molar-refractivity contribution in [1.29, 1.82) is 0 Å². The summed E-state index contributed by atoms with van der Waals surface area (Å²) < 4.78 is 8.09. The van der Waals surface area contributed by atoms with Gasteiger partial charge in [0.1, 0.15) is 17.0 Å². The van der Waals surface area contributed by atoms with Crippen LogP contribution >= 0.6 is 0 Å². The van der Waals surface area contributed by atoms with E-state index in [9.17, 15) is 14.4 Å². The maximum absolute atomic E-state index is 13.5. The van der Waals surface area contributed by atoms with Gasteiger partial charge < -0.3 is 4.74 Å². The highest BCUT2D eigenvalue weighted by Gasteiger charge is 2.50. The van der Waals surface area contributed by atoms with Crippen LogP contribution in [0.5, 0.6) is 5.75 Å². The number of Topliss-reactive ketones (excluding diaryl/α,β-unsaturated/α-hetero) is 1. The highest BCUT2D eigenvalue weighted by Crippen LogP contribution is 2.42. The normalized spacial score (nSPS) is 18.8. The van der Waals surface area contributed by atoms with Gasteiger partial charge in [0.15, 0.2) is 5.78 Å². The van der Waals surface area contributed by atoms with Gasteiger partial charge in [0.2, 0.25) is 0 Å². The Morgan fingerprint density at radius 1 is 0.903 bits per heavy atom. The van der Waals surface area contributed by atoms with E-state index in [2.05, 4.69) is 4.99 Å². The van der Waals surface area contributed by atoms with Crippen molar-refractivity contribution in [3.8, 4) is 5.75 Å². The van der Waals surface area contributed by atoms with E-state index in [0.717, 1.165) is 27.2 Å². The van der Waals surface area contributed by atoms with E-state index in [-0.39, 0.29) is 5.78 Å². The number of hydrogen-bond acceptors (Lipinski definition) is 4. The third-order valence-electron chi connectivity index (χ3n) is 6.22. The molecule has 1 aliphatic heterocycles. The van der Waals surface area contributed by atoms with E-state index in [1.165, 1.54) is 11.6 Å². The third-order valence-corrected chi connectivity index (χ3v) is 6.22. The lowest BCUT2D eigenvalue weighted by Gasteiger charge is -2.26. The van der Waals surface area contributed by atoms with Crippen LogP contribution in [0.15, 0.2) is 58.1 Å². The molecule has 3 aromatic rings. The Morgan fingerprint density at radius 2 is 1.58 bits per heavy atom. The Bertz CT molecular complexity index is 1380. The Hall–Kier alpha value is -3.74. The van der Waals surface area contributed by atoms with Crippen LogP contribution in [0.3, 0.4) is 0 Å². The smallest absolute Gasteiger partial charge is 0.417 e. The summed E-state index contributed by atoms with van der Waals surface area (Å²) in [5.74, 6) is 0.0423. The topological polar surface area (TPSA) is 84.3 Å². The minimum Gasteiger partial charge on any atom is -0.494 e. The molecule has 0 saturated heterocycles. The lowest BCUT2D eigenvalue weighted by atomic mass is 9.76. The van der Waals surface area contributed by atoms with E-state index in [1.807, 2.05) is 55.5 Å². The van der Waals surface area contributed by atoms with Crippen LogP contribution in [0.25, 0.3) is 0 Å². The van der Waals surface area contributed by atoms with Crippen molar-refractivity contribution >= 4 is 17.3 Å². The Labute approximate surface area is 178 Å². The molecule has 0 radical (unpaired) electrons. The second-order valence-electron chi connectivity index (χ2n) is 7.87. The summed E-state index contributed by atoms with van der Waals surface area (Å²) in [6.45, 7) is 2.46. The molecule has 2 heterocycles. The summed E-state index contributed by atoms with van der Waals surface area (Å²) in [4.78, 5) is 42.6. The Balaban J connectivity index is 1.82. The van der Waals surface area contributed by atoms with Crippen LogP contribution in [0, 0.1) is 5.92 Å². The largest absolute Gasteiger partial charge is 0.494 e. The first-order valence-electron chi connectivity index (χ1n) is 10.2. The molecule has 2 aromatic carbocycles. The second-order valence-corrected chi connectivity index (χ2v) is 7.87. The van der Waals surface area contributed by atoms with Gasteiger partial charge in [-0.1, -0.05) is 36.4 Å². The van der Waals surface area contributed by atoms with Crippen molar-refractivity contribution < 1.29 is 14.5 Å². The van der Waals surface area contributed by atoms with Crippen LogP contribution in [-0.4, -0.2) is 27.2 Å². The van der Waals surface area contributed by atoms with Gasteiger partial charge in [-0.05, 0) is 24.6 Å². The van der Waals surface area contributed by atoms with Crippen molar-refractivity contribution in [1.82, 2.24) is 9.13 Å². The highest BCUT2D eigenvalue weighted by molar-refractivity contribution is 6.27. The highest BCUT2D eigenvalue weighted by atomic mass is 16.5. The first-order chi connectivity index (χ1) is 14.9. The van der Waals surface area contributed by atoms with Crippen molar-refractivity contribution in [2.24, 2.45) is 20.0 Å². The van der Waals surface area contributed by atoms with Gasteiger partial charge in [-0.25, -0.2) is 14.4 Å². The molecule has 0 saturated carbocycles. The van der Waals surface area contributed by atoms with Gasteiger partial charge in [-0.2, -0.15) is 4.57 Å². The average Bonchev–Trinajstić information content (AvgIpc) is 3.08. The van der Waals surface area contributed by atoms with Gasteiger partial charge in [-0.15, -0.1) is 0 Å². The number of nitrogens with zero attached hydrogens (tertiary/aromatic N) is 2. The molecule has 5 rings (SSSR count). The molecular formula is C24H22N3O4+. The fraction of sp³-hybridized carbons (Fsp3) is 0.250. The van der Waals surface area contributed by atoms with Crippen molar-refractivity contribution in [3.63, 3.8) is 0 Å². The van der Waals surface area contributed by atoms with Gasteiger partial charge in [-0.3, -0.25) is 9.59 Å². The third kappa shape index (κ3) is 2.66. The molecule has 2 unspecified atom stereocenters. The quantitative estimate of drug-likeness (QED) is 0.679. The van der Waals surface area contributed by atoms with Crippen molar-refractivity contribution in [2.45, 2.75) is 12.8 Å². The van der Waals surface area contributed by atoms with Gasteiger partial charge in [0, 0.05) is 24.1 Å². The van der Waals surface area contributed by atoms with Crippen LogP contribution < -0.4 is 21.0 Å². The number of rotatable bonds is 3. The van der Waals surface area contributed by atoms with Gasteiger partial charge >= 0.3 is 5.69 Å². The van der Waals surface area contributed by atoms with Crippen LogP contribution in [-0.2, 0) is 14.1 Å². The summed E-state index contributed by atoms with van der Waals surface area (Å²) in [6, 6.07) is 14.9. The lowest BCUT2D eigenvalue weighted by molar-refractivity contribution is -0.368. The van der Waals surface area contributed by atoms with Gasteiger partial charge in [0.05, 0.1) is 19.6 Å². The molecule has 0 bridgehead atoms. The summed E-state index contributed by atoms with van der Waals surface area (Å²) >= 11 is 0. The van der Waals surface area contributed by atoms with Crippen LogP contribution in [0.1, 0.15) is 39.9 Å². The SMILES string of the molecule is CCOc1ccc(C2c3c(n(C)c(=O)n(C)c3=O)[NH+]=C3c4ccccc4C(=O)C32)cc1. The number of ether oxygens (including phenoxy) is 1. The van der Waals surface area contributed by atoms with E-state index < -0.39 is 23.1 Å². The standard InChI is InChI=1S/C24H21N3O4/c1-4-31-14-11-9-13(10-12-14)17-18-20(15-7-5-6-8-16(15)21(18)28)25-22-19(17)23(29)27(3)24(30)26(22)2/h5-12,17-18H,4H2,1-3H3/p+1. The minimum absolute atomic E-state index is 0.0291. The fourth-order valence-corrected chi connectivity index (χ4v) is 4.76. The van der Waals surface area contributed by atoms with Crippen molar-refractivity contribution in [2.75, 3.05) is 6.61 Å².